The van der Waals surface area contributed by atoms with Crippen molar-refractivity contribution >= 4 is 10.9 Å². The molecule has 1 N–H and O–H groups in total. The Kier molecular flexibility index (Phi) is 2.04. The van der Waals surface area contributed by atoms with E-state index >= 15 is 0 Å². The fraction of sp³-hybridized carbons (Fsp3) is 0.385. The van der Waals surface area contributed by atoms with Crippen LogP contribution in [-0.2, 0) is 13.0 Å². The molecule has 2 aromatic rings. The van der Waals surface area contributed by atoms with Gasteiger partial charge in [-0.05, 0) is 43.7 Å². The summed E-state index contributed by atoms with van der Waals surface area (Å²) in [5, 5.41) is 4.33. The lowest BCUT2D eigenvalue weighted by molar-refractivity contribution is 0.469. The summed E-state index contributed by atoms with van der Waals surface area (Å²) in [7, 11) is 1.96. The summed E-state index contributed by atoms with van der Waals surface area (Å²) in [6, 6.07) is 4.12. The van der Waals surface area contributed by atoms with E-state index < -0.39 is 0 Å². The largest absolute Gasteiger partial charge is 0.346 e. The number of nitrogens with one attached hydrogen (secondary N) is 1. The van der Waals surface area contributed by atoms with E-state index in [-0.39, 0.29) is 5.82 Å². The number of aromatic nitrogens is 1. The van der Waals surface area contributed by atoms with Crippen LogP contribution in [-0.4, -0.2) is 17.7 Å². The van der Waals surface area contributed by atoms with E-state index in [2.05, 4.69) is 16.1 Å². The van der Waals surface area contributed by atoms with Gasteiger partial charge in [0.25, 0.3) is 0 Å². The van der Waals surface area contributed by atoms with Crippen LogP contribution in [0.4, 0.5) is 4.39 Å². The highest BCUT2D eigenvalue weighted by Crippen LogP contribution is 2.30. The second-order valence-corrected chi connectivity index (χ2v) is 4.56. The average molecular weight is 218 g/mol. The van der Waals surface area contributed by atoms with E-state index in [4.69, 9.17) is 0 Å². The summed E-state index contributed by atoms with van der Waals surface area (Å²) in [6.45, 7) is 2.82. The highest BCUT2D eigenvalue weighted by Gasteiger charge is 2.21. The van der Waals surface area contributed by atoms with Gasteiger partial charge >= 0.3 is 0 Å². The van der Waals surface area contributed by atoms with Crippen molar-refractivity contribution in [3.8, 4) is 0 Å². The zero-order valence-electron chi connectivity index (χ0n) is 9.55. The number of rotatable bonds is 1. The molecular formula is C13H15FN2. The molecular weight excluding hydrogens is 203 g/mol. The van der Waals surface area contributed by atoms with Crippen molar-refractivity contribution in [2.75, 3.05) is 7.05 Å². The summed E-state index contributed by atoms with van der Waals surface area (Å²) in [4.78, 5) is 0. The maximum absolute atomic E-state index is 13.7. The maximum Gasteiger partial charge on any atom is 0.127 e. The molecule has 1 aliphatic rings. The predicted molar refractivity (Wildman–Crippen MR) is 63.2 cm³/mol. The highest BCUT2D eigenvalue weighted by atomic mass is 19.1. The lowest BCUT2D eigenvalue weighted by Crippen LogP contribution is -2.35. The number of nitrogens with zero attached hydrogens (tertiary/aromatic N) is 1. The molecule has 0 aliphatic carbocycles. The molecule has 0 saturated heterocycles. The van der Waals surface area contributed by atoms with Crippen LogP contribution in [0.25, 0.3) is 10.9 Å². The van der Waals surface area contributed by atoms with Crippen molar-refractivity contribution in [3.63, 3.8) is 0 Å². The number of benzene rings is 1. The first-order chi connectivity index (χ1) is 7.70. The van der Waals surface area contributed by atoms with E-state index in [1.807, 2.05) is 20.0 Å². The number of halogens is 1. The molecule has 3 heteroatoms. The zero-order valence-corrected chi connectivity index (χ0v) is 9.55. The molecule has 1 aromatic carbocycles. The van der Waals surface area contributed by atoms with Crippen LogP contribution in [0.3, 0.4) is 0 Å². The Bertz CT molecular complexity index is 557. The zero-order chi connectivity index (χ0) is 11.3. The molecule has 1 unspecified atom stereocenters. The van der Waals surface area contributed by atoms with Gasteiger partial charge in [-0.1, -0.05) is 0 Å². The topological polar surface area (TPSA) is 17.0 Å². The molecule has 3 rings (SSSR count). The molecule has 16 heavy (non-hydrogen) atoms. The van der Waals surface area contributed by atoms with Gasteiger partial charge in [0.2, 0.25) is 0 Å². The van der Waals surface area contributed by atoms with E-state index in [9.17, 15) is 4.39 Å². The first kappa shape index (κ1) is 9.85. The Morgan fingerprint density at radius 3 is 3.06 bits per heavy atom. The van der Waals surface area contributed by atoms with Gasteiger partial charge in [-0.2, -0.15) is 0 Å². The lowest BCUT2D eigenvalue weighted by atomic mass is 9.97. The SMILES string of the molecule is CNC1Cc2cc(F)c(C)c3ccn(c23)C1. The van der Waals surface area contributed by atoms with E-state index in [0.29, 0.717) is 6.04 Å². The van der Waals surface area contributed by atoms with Gasteiger partial charge < -0.3 is 9.88 Å². The van der Waals surface area contributed by atoms with Crippen LogP contribution < -0.4 is 5.32 Å². The Morgan fingerprint density at radius 1 is 1.50 bits per heavy atom. The molecule has 0 spiro atoms. The Labute approximate surface area is 94.1 Å². The molecule has 0 bridgehead atoms. The van der Waals surface area contributed by atoms with Crippen molar-refractivity contribution in [2.24, 2.45) is 0 Å². The third kappa shape index (κ3) is 1.21. The monoisotopic (exact) mass is 218 g/mol. The second-order valence-electron chi connectivity index (χ2n) is 4.56. The van der Waals surface area contributed by atoms with Crippen LogP contribution in [0.15, 0.2) is 18.3 Å². The number of aryl methyl sites for hydroxylation is 1. The summed E-state index contributed by atoms with van der Waals surface area (Å²) in [5.74, 6) is -0.0861. The van der Waals surface area contributed by atoms with Gasteiger partial charge in [-0.3, -0.25) is 0 Å². The van der Waals surface area contributed by atoms with Crippen LogP contribution in [0, 0.1) is 12.7 Å². The molecule has 0 saturated carbocycles. The van der Waals surface area contributed by atoms with Crippen molar-refractivity contribution in [1.29, 1.82) is 0 Å². The Morgan fingerprint density at radius 2 is 2.31 bits per heavy atom. The van der Waals surface area contributed by atoms with Crippen molar-refractivity contribution < 1.29 is 4.39 Å². The van der Waals surface area contributed by atoms with Gasteiger partial charge in [0.1, 0.15) is 5.82 Å². The Balaban J connectivity index is 2.29. The van der Waals surface area contributed by atoms with Crippen molar-refractivity contribution in [2.45, 2.75) is 25.9 Å². The Hall–Kier alpha value is -1.35. The minimum atomic E-state index is -0.0861. The van der Waals surface area contributed by atoms with Gasteiger partial charge in [0, 0.05) is 24.2 Å². The minimum absolute atomic E-state index is 0.0861. The van der Waals surface area contributed by atoms with Gasteiger partial charge in [-0.25, -0.2) is 4.39 Å². The molecule has 2 heterocycles. The standard InChI is InChI=1S/C13H15FN2/c1-8-11-3-4-16-7-10(15-2)5-9(13(11)16)6-12(8)14/h3-4,6,10,15H,5,7H2,1-2H3. The fourth-order valence-corrected chi connectivity index (χ4v) is 2.66. The molecule has 0 radical (unpaired) electrons. The quantitative estimate of drug-likeness (QED) is 0.776. The van der Waals surface area contributed by atoms with Crippen molar-refractivity contribution in [1.82, 2.24) is 9.88 Å². The smallest absolute Gasteiger partial charge is 0.127 e. The van der Waals surface area contributed by atoms with Gasteiger partial charge in [0.05, 0.1) is 5.52 Å². The maximum atomic E-state index is 13.7. The summed E-state index contributed by atoms with van der Waals surface area (Å²) in [6.07, 6.45) is 2.97. The van der Waals surface area contributed by atoms with E-state index in [1.54, 1.807) is 6.07 Å². The minimum Gasteiger partial charge on any atom is -0.346 e. The molecule has 84 valence electrons. The van der Waals surface area contributed by atoms with Crippen LogP contribution in [0.1, 0.15) is 11.1 Å². The van der Waals surface area contributed by atoms with Crippen molar-refractivity contribution in [3.05, 3.63) is 35.3 Å². The summed E-state index contributed by atoms with van der Waals surface area (Å²) >= 11 is 0. The van der Waals surface area contributed by atoms with Gasteiger partial charge in [-0.15, -0.1) is 0 Å². The third-order valence-electron chi connectivity index (χ3n) is 3.62. The highest BCUT2D eigenvalue weighted by molar-refractivity contribution is 5.87. The summed E-state index contributed by atoms with van der Waals surface area (Å²) < 4.78 is 16.0. The lowest BCUT2D eigenvalue weighted by Gasteiger charge is -2.25. The van der Waals surface area contributed by atoms with Crippen LogP contribution in [0.5, 0.6) is 0 Å². The van der Waals surface area contributed by atoms with Crippen LogP contribution >= 0.6 is 0 Å². The first-order valence-corrected chi connectivity index (χ1v) is 5.65. The predicted octanol–water partition coefficient (Wildman–Crippen LogP) is 2.23. The molecule has 0 amide bonds. The molecule has 2 nitrogen and oxygen atoms in total. The number of hydrogen-bond donors (Lipinski definition) is 1. The normalized spacial score (nSPS) is 19.3. The van der Waals surface area contributed by atoms with Gasteiger partial charge in [0.15, 0.2) is 0 Å². The molecule has 0 fully saturated rings. The number of likely N-dealkylation sites (N-methyl/N-ethyl adjacent to an activating group) is 1. The van der Waals surface area contributed by atoms with Crippen LogP contribution in [0.2, 0.25) is 0 Å². The third-order valence-corrected chi connectivity index (χ3v) is 3.62. The number of hydrogen-bond acceptors (Lipinski definition) is 1. The van der Waals surface area contributed by atoms with E-state index in [0.717, 1.165) is 29.5 Å². The summed E-state index contributed by atoms with van der Waals surface area (Å²) in [5.41, 5.74) is 3.10. The second kappa shape index (κ2) is 3.32. The molecule has 1 atom stereocenters. The first-order valence-electron chi connectivity index (χ1n) is 5.65. The molecule has 1 aliphatic heterocycles. The fourth-order valence-electron chi connectivity index (χ4n) is 2.66. The van der Waals surface area contributed by atoms with E-state index in [1.165, 1.54) is 5.52 Å². The molecule has 1 aromatic heterocycles. The average Bonchev–Trinajstić information content (AvgIpc) is 2.70.